The van der Waals surface area contributed by atoms with Crippen LogP contribution in [-0.2, 0) is 4.79 Å². The van der Waals surface area contributed by atoms with E-state index in [1.165, 1.54) is 10.6 Å². The first kappa shape index (κ1) is 14.8. The van der Waals surface area contributed by atoms with Gasteiger partial charge >= 0.3 is 0 Å². The lowest BCUT2D eigenvalue weighted by atomic mass is 10.2. The number of nitrogens with one attached hydrogen (secondary N) is 1. The molecule has 4 nitrogen and oxygen atoms in total. The largest absolute Gasteiger partial charge is 0.351 e. The second-order valence-corrected chi connectivity index (χ2v) is 4.61. The van der Waals surface area contributed by atoms with Crippen LogP contribution in [0.5, 0.6) is 0 Å². The molecule has 0 bridgehead atoms. The van der Waals surface area contributed by atoms with Crippen molar-refractivity contribution in [3.8, 4) is 0 Å². The summed E-state index contributed by atoms with van der Waals surface area (Å²) in [6.07, 6.45) is 4.16. The van der Waals surface area contributed by atoms with E-state index in [1.807, 2.05) is 37.3 Å². The first-order chi connectivity index (χ1) is 10.2. The average Bonchev–Trinajstić information content (AvgIpc) is 2.52. The molecule has 0 atom stereocenters. The van der Waals surface area contributed by atoms with Crippen molar-refractivity contribution in [3.05, 3.63) is 70.6 Å². The van der Waals surface area contributed by atoms with Crippen molar-refractivity contribution in [2.45, 2.75) is 13.3 Å². The summed E-state index contributed by atoms with van der Waals surface area (Å²) in [5, 5.41) is 2.81. The van der Waals surface area contributed by atoms with Crippen LogP contribution in [0.3, 0.4) is 0 Å². The Labute approximate surface area is 123 Å². The van der Waals surface area contributed by atoms with E-state index in [-0.39, 0.29) is 11.5 Å². The van der Waals surface area contributed by atoms with Gasteiger partial charge in [0.2, 0.25) is 0 Å². The molecule has 0 fully saturated rings. The number of aromatic nitrogens is 1. The van der Waals surface area contributed by atoms with Crippen molar-refractivity contribution < 1.29 is 4.79 Å². The van der Waals surface area contributed by atoms with E-state index in [9.17, 15) is 9.59 Å². The predicted octanol–water partition coefficient (Wildman–Crippen LogP) is 2.37. The molecule has 1 aromatic heterocycles. The highest BCUT2D eigenvalue weighted by molar-refractivity contribution is 6.18. The maximum Gasteiger partial charge on any atom is 0.268 e. The van der Waals surface area contributed by atoms with Gasteiger partial charge in [-0.15, -0.1) is 0 Å². The smallest absolute Gasteiger partial charge is 0.268 e. The number of carbonyl (C=O) groups is 1. The van der Waals surface area contributed by atoms with Gasteiger partial charge in [0.1, 0.15) is 5.70 Å². The minimum absolute atomic E-state index is 0.230. The van der Waals surface area contributed by atoms with Crippen LogP contribution < -0.4 is 10.9 Å². The van der Waals surface area contributed by atoms with Crippen LogP contribution in [0.25, 0.3) is 11.8 Å². The minimum atomic E-state index is -0.256. The van der Waals surface area contributed by atoms with E-state index in [0.717, 1.165) is 12.0 Å². The fraction of sp³-hybridized carbons (Fsp3) is 0.176. The molecule has 0 radical (unpaired) electrons. The Morgan fingerprint density at radius 3 is 2.52 bits per heavy atom. The summed E-state index contributed by atoms with van der Waals surface area (Å²) in [4.78, 5) is 24.3. The van der Waals surface area contributed by atoms with Crippen LogP contribution in [-0.4, -0.2) is 17.0 Å². The van der Waals surface area contributed by atoms with Crippen LogP contribution in [0.4, 0.5) is 0 Å². The normalized spacial score (nSPS) is 11.2. The molecule has 4 heteroatoms. The quantitative estimate of drug-likeness (QED) is 0.856. The molecule has 0 aliphatic heterocycles. The number of benzene rings is 1. The first-order valence-corrected chi connectivity index (χ1v) is 6.95. The topological polar surface area (TPSA) is 51.1 Å². The van der Waals surface area contributed by atoms with Crippen molar-refractivity contribution >= 4 is 17.7 Å². The molecule has 2 rings (SSSR count). The van der Waals surface area contributed by atoms with Gasteiger partial charge in [0.15, 0.2) is 0 Å². The maximum atomic E-state index is 12.3. The van der Waals surface area contributed by atoms with Gasteiger partial charge in [-0.25, -0.2) is 0 Å². The lowest BCUT2D eigenvalue weighted by Gasteiger charge is -2.11. The first-order valence-electron chi connectivity index (χ1n) is 6.95. The number of pyridine rings is 1. The fourth-order valence-corrected chi connectivity index (χ4v) is 1.91. The summed E-state index contributed by atoms with van der Waals surface area (Å²) in [6.45, 7) is 2.56. The van der Waals surface area contributed by atoms with Crippen molar-refractivity contribution in [3.63, 3.8) is 0 Å². The average molecular weight is 282 g/mol. The molecule has 21 heavy (non-hydrogen) atoms. The Morgan fingerprint density at radius 2 is 1.86 bits per heavy atom. The third-order valence-electron chi connectivity index (χ3n) is 2.95. The number of nitrogens with zero attached hydrogens (tertiary/aromatic N) is 1. The van der Waals surface area contributed by atoms with Crippen LogP contribution in [0.1, 0.15) is 18.9 Å². The molecular weight excluding hydrogens is 264 g/mol. The van der Waals surface area contributed by atoms with Gasteiger partial charge in [0.05, 0.1) is 0 Å². The summed E-state index contributed by atoms with van der Waals surface area (Å²) >= 11 is 0. The number of carbonyl (C=O) groups excluding carboxylic acids is 1. The number of hydrogen-bond donors (Lipinski definition) is 1. The third kappa shape index (κ3) is 3.92. The Morgan fingerprint density at radius 1 is 1.14 bits per heavy atom. The molecule has 0 unspecified atom stereocenters. The molecular formula is C17H18N2O2. The molecule has 0 saturated heterocycles. The van der Waals surface area contributed by atoms with Crippen molar-refractivity contribution in [2.24, 2.45) is 0 Å². The van der Waals surface area contributed by atoms with Gasteiger partial charge in [-0.1, -0.05) is 43.3 Å². The van der Waals surface area contributed by atoms with E-state index in [4.69, 9.17) is 0 Å². The summed E-state index contributed by atoms with van der Waals surface area (Å²) in [6, 6.07) is 14.3. The second-order valence-electron chi connectivity index (χ2n) is 4.61. The maximum absolute atomic E-state index is 12.3. The summed E-state index contributed by atoms with van der Waals surface area (Å²) in [5.74, 6) is -0.256. The Hall–Kier alpha value is -2.62. The minimum Gasteiger partial charge on any atom is -0.351 e. The lowest BCUT2D eigenvalue weighted by Crippen LogP contribution is -2.31. The van der Waals surface area contributed by atoms with E-state index in [2.05, 4.69) is 5.32 Å². The van der Waals surface area contributed by atoms with Gasteiger partial charge in [-0.3, -0.25) is 14.2 Å². The van der Waals surface area contributed by atoms with Crippen molar-refractivity contribution in [1.29, 1.82) is 0 Å². The lowest BCUT2D eigenvalue weighted by molar-refractivity contribution is -0.115. The van der Waals surface area contributed by atoms with Gasteiger partial charge < -0.3 is 5.32 Å². The van der Waals surface area contributed by atoms with E-state index >= 15 is 0 Å². The molecule has 1 heterocycles. The SMILES string of the molecule is CCCNC(=O)/C(=C\c1ccccc1)n1ccccc1=O. The zero-order valence-electron chi connectivity index (χ0n) is 12.0. The predicted molar refractivity (Wildman–Crippen MR) is 84.6 cm³/mol. The van der Waals surface area contributed by atoms with Gasteiger partial charge in [-0.05, 0) is 24.1 Å². The molecule has 0 aliphatic rings. The van der Waals surface area contributed by atoms with Gasteiger partial charge in [0.25, 0.3) is 11.5 Å². The molecule has 1 N–H and O–H groups in total. The van der Waals surface area contributed by atoms with Crippen LogP contribution in [0.15, 0.2) is 59.5 Å². The summed E-state index contributed by atoms with van der Waals surface area (Å²) in [5.41, 5.74) is 0.960. The molecule has 0 saturated carbocycles. The van der Waals surface area contributed by atoms with Crippen LogP contribution in [0.2, 0.25) is 0 Å². The van der Waals surface area contributed by atoms with E-state index < -0.39 is 0 Å². The van der Waals surface area contributed by atoms with Crippen LogP contribution >= 0.6 is 0 Å². The van der Waals surface area contributed by atoms with Gasteiger partial charge in [0, 0.05) is 18.8 Å². The highest BCUT2D eigenvalue weighted by atomic mass is 16.2. The molecule has 0 aliphatic carbocycles. The monoisotopic (exact) mass is 282 g/mol. The number of amides is 1. The highest BCUT2D eigenvalue weighted by Crippen LogP contribution is 2.10. The summed E-state index contributed by atoms with van der Waals surface area (Å²) in [7, 11) is 0. The zero-order valence-corrected chi connectivity index (χ0v) is 12.0. The van der Waals surface area contributed by atoms with E-state index in [1.54, 1.807) is 24.4 Å². The third-order valence-corrected chi connectivity index (χ3v) is 2.95. The number of rotatable bonds is 5. The molecule has 108 valence electrons. The standard InChI is InChI=1S/C17H18N2O2/c1-2-11-18-17(21)15(13-14-8-4-3-5-9-14)19-12-7-6-10-16(19)20/h3-10,12-13H,2,11H2,1H3,(H,18,21)/b15-13+. The van der Waals surface area contributed by atoms with Gasteiger partial charge in [-0.2, -0.15) is 0 Å². The van der Waals surface area contributed by atoms with Crippen molar-refractivity contribution in [2.75, 3.05) is 6.54 Å². The Bertz CT molecular complexity index is 687. The number of hydrogen-bond acceptors (Lipinski definition) is 2. The molecule has 1 aromatic carbocycles. The Kier molecular flexibility index (Phi) is 5.10. The molecule has 0 spiro atoms. The highest BCUT2D eigenvalue weighted by Gasteiger charge is 2.12. The molecule has 1 amide bonds. The summed E-state index contributed by atoms with van der Waals surface area (Å²) < 4.78 is 1.36. The van der Waals surface area contributed by atoms with Crippen LogP contribution in [0, 0.1) is 0 Å². The zero-order chi connectivity index (χ0) is 15.1. The van der Waals surface area contributed by atoms with Crippen molar-refractivity contribution in [1.82, 2.24) is 9.88 Å². The second kappa shape index (κ2) is 7.24. The Balaban J connectivity index is 2.45. The molecule has 2 aromatic rings. The fourth-order valence-electron chi connectivity index (χ4n) is 1.91. The van der Waals surface area contributed by atoms with E-state index in [0.29, 0.717) is 12.2 Å².